The van der Waals surface area contributed by atoms with Gasteiger partial charge >= 0.3 is 0 Å². The van der Waals surface area contributed by atoms with Gasteiger partial charge in [-0.2, -0.15) is 0 Å². The minimum Gasteiger partial charge on any atom is -0.497 e. The molecular formula is C23H23N3O2. The van der Waals surface area contributed by atoms with E-state index in [2.05, 4.69) is 21.3 Å². The minimum absolute atomic E-state index is 0.0762. The van der Waals surface area contributed by atoms with Crippen molar-refractivity contribution in [3.8, 4) is 5.75 Å². The van der Waals surface area contributed by atoms with Crippen molar-refractivity contribution >= 4 is 11.6 Å². The first-order valence-electron chi connectivity index (χ1n) is 9.40. The number of aromatic nitrogens is 1. The molecule has 28 heavy (non-hydrogen) atoms. The predicted molar refractivity (Wildman–Crippen MR) is 109 cm³/mol. The number of carbonyl (C=O) groups is 1. The van der Waals surface area contributed by atoms with Crippen molar-refractivity contribution in [3.05, 3.63) is 89.2 Å². The number of amides is 1. The van der Waals surface area contributed by atoms with Crippen LogP contribution in [0.1, 0.15) is 27.0 Å². The molecule has 0 bridgehead atoms. The molecule has 2 aromatic carbocycles. The maximum absolute atomic E-state index is 12.9. The Kier molecular flexibility index (Phi) is 5.35. The molecule has 2 heterocycles. The average Bonchev–Trinajstić information content (AvgIpc) is 2.74. The minimum atomic E-state index is -0.0762. The van der Waals surface area contributed by atoms with Gasteiger partial charge in [0.15, 0.2) is 0 Å². The van der Waals surface area contributed by atoms with Crippen LogP contribution in [0.4, 0.5) is 5.69 Å². The van der Waals surface area contributed by atoms with Gasteiger partial charge in [0.25, 0.3) is 5.91 Å². The Bertz CT molecular complexity index is 973. The van der Waals surface area contributed by atoms with E-state index in [1.54, 1.807) is 7.11 Å². The zero-order valence-electron chi connectivity index (χ0n) is 15.9. The number of nitrogens with one attached hydrogen (secondary N) is 1. The van der Waals surface area contributed by atoms with Crippen LogP contribution in [0.3, 0.4) is 0 Å². The van der Waals surface area contributed by atoms with E-state index in [0.717, 1.165) is 48.6 Å². The second-order valence-corrected chi connectivity index (χ2v) is 6.95. The Morgan fingerprint density at radius 2 is 1.96 bits per heavy atom. The maximum Gasteiger partial charge on any atom is 0.255 e. The average molecular weight is 373 g/mol. The van der Waals surface area contributed by atoms with Crippen molar-refractivity contribution in [1.29, 1.82) is 0 Å². The highest BCUT2D eigenvalue weighted by molar-refractivity contribution is 6.05. The second-order valence-electron chi connectivity index (χ2n) is 6.95. The van der Waals surface area contributed by atoms with Gasteiger partial charge in [0.2, 0.25) is 0 Å². The fourth-order valence-electron chi connectivity index (χ4n) is 3.66. The zero-order valence-corrected chi connectivity index (χ0v) is 15.9. The molecule has 0 spiro atoms. The van der Waals surface area contributed by atoms with Crippen LogP contribution in [0.25, 0.3) is 0 Å². The van der Waals surface area contributed by atoms with Crippen LogP contribution in [-0.4, -0.2) is 29.4 Å². The molecule has 1 N–H and O–H groups in total. The lowest BCUT2D eigenvalue weighted by Crippen LogP contribution is -2.31. The van der Waals surface area contributed by atoms with Gasteiger partial charge in [0, 0.05) is 49.3 Å². The number of carbonyl (C=O) groups excluding carboxylic acids is 1. The van der Waals surface area contributed by atoms with E-state index in [1.807, 2.05) is 60.9 Å². The SMILES string of the molecule is COc1cccc(NC(=O)c2cccc3c2CCN(Cc2ccncc2)C3)c1. The van der Waals surface area contributed by atoms with Gasteiger partial charge < -0.3 is 10.1 Å². The van der Waals surface area contributed by atoms with Gasteiger partial charge in [-0.1, -0.05) is 18.2 Å². The first-order valence-corrected chi connectivity index (χ1v) is 9.40. The van der Waals surface area contributed by atoms with Gasteiger partial charge in [0.05, 0.1) is 7.11 Å². The molecule has 0 radical (unpaired) electrons. The Morgan fingerprint density at radius 1 is 1.14 bits per heavy atom. The molecule has 0 aliphatic carbocycles. The highest BCUT2D eigenvalue weighted by Crippen LogP contribution is 2.25. The maximum atomic E-state index is 12.9. The Hall–Kier alpha value is -3.18. The fraction of sp³-hybridized carbons (Fsp3) is 0.217. The molecule has 1 aliphatic rings. The molecule has 1 aliphatic heterocycles. The van der Waals surface area contributed by atoms with E-state index in [4.69, 9.17) is 4.74 Å². The monoisotopic (exact) mass is 373 g/mol. The standard InChI is InChI=1S/C23H23N3O2/c1-28-20-6-3-5-19(14-20)25-23(27)22-7-2-4-18-16-26(13-10-21(18)22)15-17-8-11-24-12-9-17/h2-9,11-12,14H,10,13,15-16H2,1H3,(H,25,27). The van der Waals surface area contributed by atoms with Crippen molar-refractivity contribution in [1.82, 2.24) is 9.88 Å². The highest BCUT2D eigenvalue weighted by Gasteiger charge is 2.21. The third kappa shape index (κ3) is 4.05. The molecule has 4 rings (SSSR count). The summed E-state index contributed by atoms with van der Waals surface area (Å²) < 4.78 is 5.23. The summed E-state index contributed by atoms with van der Waals surface area (Å²) in [5, 5.41) is 2.99. The topological polar surface area (TPSA) is 54.5 Å². The van der Waals surface area contributed by atoms with E-state index in [1.165, 1.54) is 11.1 Å². The van der Waals surface area contributed by atoms with Gasteiger partial charge in [-0.05, 0) is 53.4 Å². The number of anilines is 1. The summed E-state index contributed by atoms with van der Waals surface area (Å²) in [6, 6.07) is 17.5. The Morgan fingerprint density at radius 3 is 2.79 bits per heavy atom. The van der Waals surface area contributed by atoms with Crippen LogP contribution in [0.2, 0.25) is 0 Å². The number of rotatable bonds is 5. The molecule has 5 heteroatoms. The number of benzene rings is 2. The van der Waals surface area contributed by atoms with E-state index in [9.17, 15) is 4.79 Å². The van der Waals surface area contributed by atoms with E-state index in [-0.39, 0.29) is 5.91 Å². The number of pyridine rings is 1. The van der Waals surface area contributed by atoms with Crippen molar-refractivity contribution in [2.45, 2.75) is 19.5 Å². The molecule has 0 saturated heterocycles. The molecule has 142 valence electrons. The number of hydrogen-bond donors (Lipinski definition) is 1. The molecular weight excluding hydrogens is 350 g/mol. The lowest BCUT2D eigenvalue weighted by atomic mass is 9.93. The van der Waals surface area contributed by atoms with Crippen molar-refractivity contribution in [2.24, 2.45) is 0 Å². The molecule has 0 fully saturated rings. The number of nitrogens with zero attached hydrogens (tertiary/aromatic N) is 2. The van der Waals surface area contributed by atoms with Crippen molar-refractivity contribution in [3.63, 3.8) is 0 Å². The molecule has 3 aromatic rings. The Balaban J connectivity index is 1.50. The van der Waals surface area contributed by atoms with Gasteiger partial charge in [-0.25, -0.2) is 0 Å². The van der Waals surface area contributed by atoms with Crippen LogP contribution in [0, 0.1) is 0 Å². The molecule has 5 nitrogen and oxygen atoms in total. The first-order chi connectivity index (χ1) is 13.7. The molecule has 0 atom stereocenters. The van der Waals surface area contributed by atoms with Crippen LogP contribution in [0.15, 0.2) is 67.0 Å². The molecule has 1 aromatic heterocycles. The summed E-state index contributed by atoms with van der Waals surface area (Å²) in [5.41, 5.74) is 5.11. The third-order valence-electron chi connectivity index (χ3n) is 5.07. The zero-order chi connectivity index (χ0) is 19.3. The second kappa shape index (κ2) is 8.23. The van der Waals surface area contributed by atoms with Crippen LogP contribution in [-0.2, 0) is 19.5 Å². The summed E-state index contributed by atoms with van der Waals surface area (Å²) >= 11 is 0. The number of hydrogen-bond acceptors (Lipinski definition) is 4. The lowest BCUT2D eigenvalue weighted by molar-refractivity contribution is 0.102. The fourth-order valence-corrected chi connectivity index (χ4v) is 3.66. The summed E-state index contributed by atoms with van der Waals surface area (Å²) in [6.07, 6.45) is 4.52. The molecule has 0 saturated carbocycles. The predicted octanol–water partition coefficient (Wildman–Crippen LogP) is 3.90. The largest absolute Gasteiger partial charge is 0.497 e. The summed E-state index contributed by atoms with van der Waals surface area (Å²) in [4.78, 5) is 19.4. The smallest absolute Gasteiger partial charge is 0.255 e. The lowest BCUT2D eigenvalue weighted by Gasteiger charge is -2.30. The molecule has 1 amide bonds. The number of ether oxygens (including phenoxy) is 1. The van der Waals surface area contributed by atoms with Crippen molar-refractivity contribution < 1.29 is 9.53 Å². The summed E-state index contributed by atoms with van der Waals surface area (Å²) in [7, 11) is 1.62. The van der Waals surface area contributed by atoms with Gasteiger partial charge in [-0.3, -0.25) is 14.7 Å². The third-order valence-corrected chi connectivity index (χ3v) is 5.07. The van der Waals surface area contributed by atoms with E-state index >= 15 is 0 Å². The summed E-state index contributed by atoms with van der Waals surface area (Å²) in [5.74, 6) is 0.646. The summed E-state index contributed by atoms with van der Waals surface area (Å²) in [6.45, 7) is 2.67. The Labute approximate surface area is 165 Å². The first kappa shape index (κ1) is 18.2. The number of fused-ring (bicyclic) bond motifs is 1. The quantitative estimate of drug-likeness (QED) is 0.737. The molecule has 0 unspecified atom stereocenters. The van der Waals surface area contributed by atoms with Crippen molar-refractivity contribution in [2.75, 3.05) is 19.0 Å². The van der Waals surface area contributed by atoms with Gasteiger partial charge in [-0.15, -0.1) is 0 Å². The van der Waals surface area contributed by atoms with Crippen LogP contribution >= 0.6 is 0 Å². The van der Waals surface area contributed by atoms with Crippen LogP contribution in [0.5, 0.6) is 5.75 Å². The number of methoxy groups -OCH3 is 1. The van der Waals surface area contributed by atoms with Crippen LogP contribution < -0.4 is 10.1 Å². The normalized spacial score (nSPS) is 13.6. The van der Waals surface area contributed by atoms with E-state index < -0.39 is 0 Å². The highest BCUT2D eigenvalue weighted by atomic mass is 16.5. The van der Waals surface area contributed by atoms with E-state index in [0.29, 0.717) is 0 Å². The van der Waals surface area contributed by atoms with Gasteiger partial charge in [0.1, 0.15) is 5.75 Å².